The van der Waals surface area contributed by atoms with Gasteiger partial charge in [-0.2, -0.15) is 0 Å². The van der Waals surface area contributed by atoms with Gasteiger partial charge in [0.05, 0.1) is 26.9 Å². The molecule has 23 heavy (non-hydrogen) atoms. The van der Waals surface area contributed by atoms with E-state index in [1.165, 1.54) is 16.7 Å². The Balaban J connectivity index is 1.97. The third-order valence-corrected chi connectivity index (χ3v) is 4.22. The van der Waals surface area contributed by atoms with Crippen LogP contribution in [0.2, 0.25) is 0 Å². The Kier molecular flexibility index (Phi) is 4.72. The molecular weight excluding hydrogens is 290 g/mol. The van der Waals surface area contributed by atoms with E-state index >= 15 is 0 Å². The first-order chi connectivity index (χ1) is 11.3. The molecule has 0 amide bonds. The monoisotopic (exact) mass is 313 g/mol. The van der Waals surface area contributed by atoms with Gasteiger partial charge in [0.2, 0.25) is 0 Å². The Morgan fingerprint density at radius 1 is 1.04 bits per heavy atom. The maximum atomic E-state index is 5.53. The third-order valence-electron chi connectivity index (χ3n) is 4.22. The van der Waals surface area contributed by atoms with Gasteiger partial charge in [-0.15, -0.1) is 0 Å². The Hall–Kier alpha value is -2.20. The molecule has 1 aliphatic rings. The highest BCUT2D eigenvalue weighted by Crippen LogP contribution is 2.37. The van der Waals surface area contributed by atoms with Crippen molar-refractivity contribution in [3.05, 3.63) is 53.1 Å². The number of methoxy groups -OCH3 is 2. The summed E-state index contributed by atoms with van der Waals surface area (Å²) in [4.78, 5) is 0. The molecule has 0 bridgehead atoms. The number of fused-ring (bicyclic) bond motifs is 1. The molecule has 3 rings (SSSR count). The molecule has 1 heterocycles. The molecule has 1 N–H and O–H groups in total. The van der Waals surface area contributed by atoms with E-state index in [0.717, 1.165) is 30.2 Å². The van der Waals surface area contributed by atoms with E-state index in [1.54, 1.807) is 14.2 Å². The molecule has 0 fully saturated rings. The predicted octanol–water partition coefficient (Wildman–Crippen LogP) is 3.34. The molecule has 4 heteroatoms. The van der Waals surface area contributed by atoms with Crippen molar-refractivity contribution in [2.24, 2.45) is 0 Å². The average molecular weight is 313 g/mol. The van der Waals surface area contributed by atoms with Gasteiger partial charge in [-0.3, -0.25) is 0 Å². The molecule has 122 valence electrons. The molecule has 0 spiro atoms. The quantitative estimate of drug-likeness (QED) is 0.919. The van der Waals surface area contributed by atoms with E-state index in [1.807, 2.05) is 19.1 Å². The number of hydrogen-bond acceptors (Lipinski definition) is 4. The zero-order valence-electron chi connectivity index (χ0n) is 13.9. The first kappa shape index (κ1) is 15.7. The second kappa shape index (κ2) is 6.92. The van der Waals surface area contributed by atoms with Crippen molar-refractivity contribution in [1.29, 1.82) is 0 Å². The van der Waals surface area contributed by atoms with Gasteiger partial charge in [-0.05, 0) is 54.3 Å². The predicted molar refractivity (Wildman–Crippen MR) is 90.7 cm³/mol. The standard InChI is InChI=1S/C19H23NO3/c1-4-23-15-7-5-13(6-8-15)19-16-12-18(22-3)17(21-2)11-14(16)9-10-20-19/h5-8,11-12,19-20H,4,9-10H2,1-3H3/t19-/m0/s1. The Morgan fingerprint density at radius 2 is 1.74 bits per heavy atom. The van der Waals surface area contributed by atoms with Crippen molar-refractivity contribution in [1.82, 2.24) is 5.32 Å². The van der Waals surface area contributed by atoms with Crippen LogP contribution in [0.15, 0.2) is 36.4 Å². The van der Waals surface area contributed by atoms with Gasteiger partial charge in [0.1, 0.15) is 5.75 Å². The van der Waals surface area contributed by atoms with E-state index in [4.69, 9.17) is 14.2 Å². The third kappa shape index (κ3) is 3.13. The number of ether oxygens (including phenoxy) is 3. The lowest BCUT2D eigenvalue weighted by Crippen LogP contribution is -2.30. The van der Waals surface area contributed by atoms with Crippen LogP contribution in [0.4, 0.5) is 0 Å². The maximum absolute atomic E-state index is 5.53. The maximum Gasteiger partial charge on any atom is 0.161 e. The van der Waals surface area contributed by atoms with Crippen molar-refractivity contribution >= 4 is 0 Å². The molecule has 0 saturated carbocycles. The van der Waals surface area contributed by atoms with Crippen LogP contribution in [0.5, 0.6) is 17.2 Å². The Bertz CT molecular complexity index is 667. The van der Waals surface area contributed by atoms with Crippen molar-refractivity contribution in [3.63, 3.8) is 0 Å². The number of benzene rings is 2. The largest absolute Gasteiger partial charge is 0.494 e. The fraction of sp³-hybridized carbons (Fsp3) is 0.368. The summed E-state index contributed by atoms with van der Waals surface area (Å²) in [5.41, 5.74) is 3.78. The molecule has 0 radical (unpaired) electrons. The first-order valence-corrected chi connectivity index (χ1v) is 7.97. The van der Waals surface area contributed by atoms with Gasteiger partial charge in [0.15, 0.2) is 11.5 Å². The summed E-state index contributed by atoms with van der Waals surface area (Å²) in [7, 11) is 3.35. The van der Waals surface area contributed by atoms with E-state index in [2.05, 4.69) is 29.6 Å². The van der Waals surface area contributed by atoms with Crippen LogP contribution in [-0.2, 0) is 6.42 Å². The highest BCUT2D eigenvalue weighted by Gasteiger charge is 2.23. The number of hydrogen-bond donors (Lipinski definition) is 1. The van der Waals surface area contributed by atoms with Crippen LogP contribution in [-0.4, -0.2) is 27.4 Å². The summed E-state index contributed by atoms with van der Waals surface area (Å²) in [5.74, 6) is 2.46. The zero-order valence-corrected chi connectivity index (χ0v) is 13.9. The van der Waals surface area contributed by atoms with E-state index in [9.17, 15) is 0 Å². The van der Waals surface area contributed by atoms with Crippen LogP contribution in [0.1, 0.15) is 29.7 Å². The average Bonchev–Trinajstić information content (AvgIpc) is 2.61. The molecule has 0 unspecified atom stereocenters. The van der Waals surface area contributed by atoms with Gasteiger partial charge in [0, 0.05) is 6.54 Å². The van der Waals surface area contributed by atoms with Gasteiger partial charge >= 0.3 is 0 Å². The minimum atomic E-state index is 0.161. The fourth-order valence-electron chi connectivity index (χ4n) is 3.10. The minimum Gasteiger partial charge on any atom is -0.494 e. The van der Waals surface area contributed by atoms with Crippen LogP contribution in [0, 0.1) is 0 Å². The molecule has 0 aromatic heterocycles. The van der Waals surface area contributed by atoms with Gasteiger partial charge in [-0.25, -0.2) is 0 Å². The highest BCUT2D eigenvalue weighted by atomic mass is 16.5. The first-order valence-electron chi connectivity index (χ1n) is 7.97. The minimum absolute atomic E-state index is 0.161. The molecule has 0 aliphatic carbocycles. The van der Waals surface area contributed by atoms with Gasteiger partial charge in [0.25, 0.3) is 0 Å². The molecule has 2 aromatic rings. The van der Waals surface area contributed by atoms with Crippen LogP contribution < -0.4 is 19.5 Å². The van der Waals surface area contributed by atoms with Crippen LogP contribution in [0.25, 0.3) is 0 Å². The van der Waals surface area contributed by atoms with Gasteiger partial charge in [-0.1, -0.05) is 12.1 Å². The van der Waals surface area contributed by atoms with Crippen molar-refractivity contribution in [3.8, 4) is 17.2 Å². The smallest absolute Gasteiger partial charge is 0.161 e. The highest BCUT2D eigenvalue weighted by molar-refractivity contribution is 5.51. The molecule has 1 atom stereocenters. The van der Waals surface area contributed by atoms with Crippen molar-refractivity contribution < 1.29 is 14.2 Å². The Labute approximate surface area is 137 Å². The fourth-order valence-corrected chi connectivity index (χ4v) is 3.10. The topological polar surface area (TPSA) is 39.7 Å². The summed E-state index contributed by atoms with van der Waals surface area (Å²) >= 11 is 0. The lowest BCUT2D eigenvalue weighted by atomic mass is 9.89. The molecule has 0 saturated heterocycles. The molecule has 2 aromatic carbocycles. The molecule has 4 nitrogen and oxygen atoms in total. The summed E-state index contributed by atoms with van der Waals surface area (Å²) in [6.07, 6.45) is 0.989. The van der Waals surface area contributed by atoms with E-state index < -0.39 is 0 Å². The van der Waals surface area contributed by atoms with Crippen LogP contribution >= 0.6 is 0 Å². The van der Waals surface area contributed by atoms with Crippen molar-refractivity contribution in [2.75, 3.05) is 27.4 Å². The van der Waals surface area contributed by atoms with Crippen molar-refractivity contribution in [2.45, 2.75) is 19.4 Å². The summed E-state index contributed by atoms with van der Waals surface area (Å²) in [6.45, 7) is 3.62. The Morgan fingerprint density at radius 3 is 2.39 bits per heavy atom. The summed E-state index contributed by atoms with van der Waals surface area (Å²) in [5, 5.41) is 3.59. The normalized spacial score (nSPS) is 16.6. The summed E-state index contributed by atoms with van der Waals surface area (Å²) < 4.78 is 16.4. The number of nitrogens with one attached hydrogen (secondary N) is 1. The van der Waals surface area contributed by atoms with E-state index in [-0.39, 0.29) is 6.04 Å². The number of rotatable bonds is 5. The van der Waals surface area contributed by atoms with E-state index in [0.29, 0.717) is 6.61 Å². The lowest BCUT2D eigenvalue weighted by molar-refractivity contribution is 0.340. The SMILES string of the molecule is CCOc1ccc([C@@H]2NCCc3cc(OC)c(OC)cc32)cc1. The molecule has 1 aliphatic heterocycles. The second-order valence-corrected chi connectivity index (χ2v) is 5.55. The van der Waals surface area contributed by atoms with Crippen LogP contribution in [0.3, 0.4) is 0 Å². The second-order valence-electron chi connectivity index (χ2n) is 5.55. The zero-order chi connectivity index (χ0) is 16.2. The molecular formula is C19H23NO3. The summed E-state index contributed by atoms with van der Waals surface area (Å²) in [6, 6.07) is 12.6. The lowest BCUT2D eigenvalue weighted by Gasteiger charge is -2.28. The van der Waals surface area contributed by atoms with Gasteiger partial charge < -0.3 is 19.5 Å².